The van der Waals surface area contributed by atoms with Gasteiger partial charge in [-0.2, -0.15) is 0 Å². The van der Waals surface area contributed by atoms with Crippen LogP contribution in [0.5, 0.6) is 0 Å². The molecule has 13 nitrogen and oxygen atoms in total. The highest BCUT2D eigenvalue weighted by atomic mass is 32.2. The third kappa shape index (κ3) is 5.85. The Kier molecular flexibility index (Phi) is 7.90. The van der Waals surface area contributed by atoms with Crippen molar-refractivity contribution in [2.75, 3.05) is 24.8 Å². The first kappa shape index (κ1) is 29.2. The molecule has 4 aromatic heterocycles. The Bertz CT molecular complexity index is 1840. The standard InChI is InChI=1S/C29H35N9O4S/c1-5-43(40,41)20-12-30-22(31-13-20)14-32-27-29(39)38(17(3)18-6-7-18)28-24(36-27)16(2)35-26(37-28)23-21(10-11-42-4)33-15-34-25(23)19-8-9-19/h12-13,15,17-19H,5-11,14H2,1-4H3,(H,32,36)/t17-/m0/s1. The molecule has 2 fully saturated rings. The van der Waals surface area contributed by atoms with Gasteiger partial charge in [-0.3, -0.25) is 9.36 Å². The van der Waals surface area contributed by atoms with Crippen molar-refractivity contribution in [2.45, 2.75) is 76.3 Å². The summed E-state index contributed by atoms with van der Waals surface area (Å²) in [5, 5.41) is 3.08. The van der Waals surface area contributed by atoms with Crippen molar-refractivity contribution >= 4 is 26.8 Å². The average Bonchev–Trinajstić information content (AvgIpc) is 3.93. The predicted molar refractivity (Wildman–Crippen MR) is 159 cm³/mol. The van der Waals surface area contributed by atoms with E-state index in [4.69, 9.17) is 14.7 Å². The molecule has 0 unspecified atom stereocenters. The first-order valence-corrected chi connectivity index (χ1v) is 16.3. The number of hydrogen-bond acceptors (Lipinski definition) is 12. The number of methoxy groups -OCH3 is 1. The van der Waals surface area contributed by atoms with Gasteiger partial charge in [0.15, 0.2) is 27.1 Å². The van der Waals surface area contributed by atoms with E-state index in [2.05, 4.69) is 30.2 Å². The fraction of sp³-hybridized carbons (Fsp3) is 0.517. The van der Waals surface area contributed by atoms with E-state index in [1.54, 1.807) is 24.9 Å². The number of aromatic nitrogens is 8. The normalized spacial score (nSPS) is 16.0. The van der Waals surface area contributed by atoms with Crippen molar-refractivity contribution in [3.05, 3.63) is 52.0 Å². The number of fused-ring (bicyclic) bond motifs is 1. The topological polar surface area (TPSA) is 168 Å². The average molecular weight is 606 g/mol. The van der Waals surface area contributed by atoms with Crippen LogP contribution in [0, 0.1) is 12.8 Å². The van der Waals surface area contributed by atoms with E-state index in [9.17, 15) is 13.2 Å². The molecule has 226 valence electrons. The van der Waals surface area contributed by atoms with Gasteiger partial charge in [0.1, 0.15) is 22.6 Å². The van der Waals surface area contributed by atoms with E-state index in [-0.39, 0.29) is 34.6 Å². The summed E-state index contributed by atoms with van der Waals surface area (Å²) >= 11 is 0. The summed E-state index contributed by atoms with van der Waals surface area (Å²) in [4.78, 5) is 46.2. The lowest BCUT2D eigenvalue weighted by molar-refractivity contribution is 0.201. The minimum absolute atomic E-state index is 0.0372. The second kappa shape index (κ2) is 11.6. The quantitative estimate of drug-likeness (QED) is 0.251. The minimum atomic E-state index is -3.41. The fourth-order valence-corrected chi connectivity index (χ4v) is 6.03. The molecule has 0 amide bonds. The molecular formula is C29H35N9O4S. The van der Waals surface area contributed by atoms with Gasteiger partial charge in [0.2, 0.25) is 0 Å². The molecule has 0 radical (unpaired) electrons. The van der Waals surface area contributed by atoms with Gasteiger partial charge in [-0.15, -0.1) is 0 Å². The van der Waals surface area contributed by atoms with Crippen LogP contribution in [0.3, 0.4) is 0 Å². The smallest absolute Gasteiger partial charge is 0.295 e. The molecule has 2 saturated carbocycles. The Morgan fingerprint density at radius 2 is 1.81 bits per heavy atom. The third-order valence-corrected chi connectivity index (χ3v) is 9.83. The van der Waals surface area contributed by atoms with Crippen LogP contribution in [0.15, 0.2) is 28.4 Å². The molecule has 0 aliphatic heterocycles. The molecule has 4 aromatic rings. The summed E-state index contributed by atoms with van der Waals surface area (Å²) < 4.78 is 31.3. The fourth-order valence-electron chi connectivity index (χ4n) is 5.28. The van der Waals surface area contributed by atoms with E-state index in [0.29, 0.717) is 53.4 Å². The van der Waals surface area contributed by atoms with Gasteiger partial charge in [-0.1, -0.05) is 6.92 Å². The lowest BCUT2D eigenvalue weighted by atomic mass is 10.0. The van der Waals surface area contributed by atoms with E-state index in [1.165, 1.54) is 12.4 Å². The van der Waals surface area contributed by atoms with Gasteiger partial charge >= 0.3 is 0 Å². The maximum absolute atomic E-state index is 14.0. The Labute approximate surface area is 249 Å². The highest BCUT2D eigenvalue weighted by Crippen LogP contribution is 2.44. The Morgan fingerprint density at radius 3 is 2.47 bits per heavy atom. The van der Waals surface area contributed by atoms with E-state index in [1.807, 2.05) is 13.8 Å². The lowest BCUT2D eigenvalue weighted by Crippen LogP contribution is -2.30. The largest absolute Gasteiger partial charge is 0.384 e. The molecular weight excluding hydrogens is 570 g/mol. The first-order chi connectivity index (χ1) is 20.7. The van der Waals surface area contributed by atoms with Gasteiger partial charge in [-0.05, 0) is 45.4 Å². The highest BCUT2D eigenvalue weighted by Gasteiger charge is 2.34. The summed E-state index contributed by atoms with van der Waals surface area (Å²) in [6.07, 6.45) is 8.95. The van der Waals surface area contributed by atoms with Crippen molar-refractivity contribution in [2.24, 2.45) is 5.92 Å². The molecule has 6 rings (SSSR count). The van der Waals surface area contributed by atoms with Crippen molar-refractivity contribution in [1.29, 1.82) is 0 Å². The van der Waals surface area contributed by atoms with Crippen LogP contribution in [-0.4, -0.2) is 67.3 Å². The van der Waals surface area contributed by atoms with Crippen LogP contribution in [0.4, 0.5) is 5.82 Å². The molecule has 43 heavy (non-hydrogen) atoms. The first-order valence-electron chi connectivity index (χ1n) is 14.6. The Balaban J connectivity index is 1.43. The zero-order chi connectivity index (χ0) is 30.3. The summed E-state index contributed by atoms with van der Waals surface area (Å²) in [6.45, 7) is 6.07. The Morgan fingerprint density at radius 1 is 1.07 bits per heavy atom. The van der Waals surface area contributed by atoms with Crippen molar-refractivity contribution in [1.82, 2.24) is 39.5 Å². The predicted octanol–water partition coefficient (Wildman–Crippen LogP) is 3.18. The second-order valence-electron chi connectivity index (χ2n) is 11.2. The molecule has 1 N–H and O–H groups in total. The van der Waals surface area contributed by atoms with E-state index >= 15 is 0 Å². The van der Waals surface area contributed by atoms with Gasteiger partial charge in [0.05, 0.1) is 41.5 Å². The van der Waals surface area contributed by atoms with Crippen LogP contribution in [-0.2, 0) is 27.5 Å². The second-order valence-corrected chi connectivity index (χ2v) is 13.5. The van der Waals surface area contributed by atoms with Crippen LogP contribution >= 0.6 is 0 Å². The maximum atomic E-state index is 14.0. The number of hydrogen-bond donors (Lipinski definition) is 1. The Hall–Kier alpha value is -3.91. The highest BCUT2D eigenvalue weighted by molar-refractivity contribution is 7.91. The van der Waals surface area contributed by atoms with Gasteiger partial charge in [0.25, 0.3) is 5.56 Å². The minimum Gasteiger partial charge on any atom is -0.384 e. The number of anilines is 1. The molecule has 0 saturated heterocycles. The van der Waals surface area contributed by atoms with Crippen molar-refractivity contribution in [3.8, 4) is 11.4 Å². The lowest BCUT2D eigenvalue weighted by Gasteiger charge is -2.20. The number of nitrogens with one attached hydrogen (secondary N) is 1. The van der Waals surface area contributed by atoms with E-state index < -0.39 is 9.84 Å². The van der Waals surface area contributed by atoms with Crippen molar-refractivity contribution < 1.29 is 13.2 Å². The summed E-state index contributed by atoms with van der Waals surface area (Å²) in [7, 11) is -1.75. The van der Waals surface area contributed by atoms with Crippen LogP contribution in [0.25, 0.3) is 22.6 Å². The monoisotopic (exact) mass is 605 g/mol. The van der Waals surface area contributed by atoms with Crippen LogP contribution in [0.2, 0.25) is 0 Å². The van der Waals surface area contributed by atoms with Gasteiger partial charge in [0, 0.05) is 37.9 Å². The number of nitrogens with zero attached hydrogens (tertiary/aromatic N) is 8. The molecule has 14 heteroatoms. The molecule has 2 aliphatic carbocycles. The summed E-state index contributed by atoms with van der Waals surface area (Å²) in [5.74, 6) is 1.63. The number of rotatable bonds is 12. The molecule has 2 aliphatic rings. The number of ether oxygens (including phenoxy) is 1. The van der Waals surface area contributed by atoms with Crippen LogP contribution in [0.1, 0.15) is 74.4 Å². The molecule has 0 bridgehead atoms. The zero-order valence-electron chi connectivity index (χ0n) is 24.7. The van der Waals surface area contributed by atoms with Gasteiger partial charge < -0.3 is 10.1 Å². The molecule has 0 spiro atoms. The number of sulfone groups is 1. The SMILES string of the molecule is CCS(=O)(=O)c1cnc(CNc2nc3c(C)nc(-c4c(CCOC)ncnc4C4CC4)nc3n([C@@H](C)C3CC3)c2=O)nc1. The molecule has 4 heterocycles. The zero-order valence-corrected chi connectivity index (χ0v) is 25.6. The van der Waals surface area contributed by atoms with E-state index in [0.717, 1.165) is 42.6 Å². The van der Waals surface area contributed by atoms with Crippen LogP contribution < -0.4 is 10.9 Å². The van der Waals surface area contributed by atoms with Gasteiger partial charge in [-0.25, -0.2) is 43.3 Å². The van der Waals surface area contributed by atoms with Crippen molar-refractivity contribution in [3.63, 3.8) is 0 Å². The molecule has 1 atom stereocenters. The third-order valence-electron chi connectivity index (χ3n) is 8.15. The summed E-state index contributed by atoms with van der Waals surface area (Å²) in [5.41, 5.74) is 3.91. The maximum Gasteiger partial charge on any atom is 0.295 e. The molecule has 0 aromatic carbocycles. The summed E-state index contributed by atoms with van der Waals surface area (Å²) in [6, 6.07) is -0.0987. The number of aryl methyl sites for hydroxylation is 1.